The molecule has 7 nitrogen and oxygen atoms in total. The number of nitrogens with zero attached hydrogens (tertiary/aromatic N) is 2. The Hall–Kier alpha value is -2.83. The Morgan fingerprint density at radius 2 is 2.08 bits per heavy atom. The number of nitrogens with one attached hydrogen (secondary N) is 3. The quantitative estimate of drug-likeness (QED) is 0.660. The molecule has 1 aliphatic rings. The number of aryl methyl sites for hydroxylation is 2. The van der Waals surface area contributed by atoms with Crippen molar-refractivity contribution in [1.29, 1.82) is 0 Å². The molecule has 1 aromatic heterocycles. The maximum atomic E-state index is 12.3. The van der Waals surface area contributed by atoms with Gasteiger partial charge in [0.2, 0.25) is 5.95 Å². The summed E-state index contributed by atoms with van der Waals surface area (Å²) in [5.41, 5.74) is 2.04. The van der Waals surface area contributed by atoms with Crippen molar-refractivity contribution in [3.05, 3.63) is 41.6 Å². The van der Waals surface area contributed by atoms with Gasteiger partial charge in [-0.2, -0.15) is 4.98 Å². The van der Waals surface area contributed by atoms with Gasteiger partial charge in [0, 0.05) is 31.4 Å². The predicted octanol–water partition coefficient (Wildman–Crippen LogP) is 2.14. The minimum atomic E-state index is -0.430. The molecule has 7 heteroatoms. The van der Waals surface area contributed by atoms with Crippen LogP contribution >= 0.6 is 0 Å². The molecule has 0 bridgehead atoms. The molecule has 1 unspecified atom stereocenters. The number of fused-ring (bicyclic) bond motifs is 1. The van der Waals surface area contributed by atoms with E-state index in [9.17, 15) is 4.79 Å². The molecule has 1 atom stereocenters. The van der Waals surface area contributed by atoms with Gasteiger partial charge in [-0.3, -0.25) is 4.79 Å². The lowest BCUT2D eigenvalue weighted by molar-refractivity contribution is -0.128. The minimum Gasteiger partial charge on any atom is -0.480 e. The summed E-state index contributed by atoms with van der Waals surface area (Å²) in [6.07, 6.45) is 1.13. The Bertz CT molecular complexity index is 765. The zero-order chi connectivity index (χ0) is 18.4. The molecule has 3 rings (SSSR count). The van der Waals surface area contributed by atoms with Crippen molar-refractivity contribution in [2.45, 2.75) is 32.8 Å². The van der Waals surface area contributed by atoms with Gasteiger partial charge in [-0.05, 0) is 38.3 Å². The van der Waals surface area contributed by atoms with Crippen LogP contribution in [-0.2, 0) is 11.2 Å². The highest BCUT2D eigenvalue weighted by molar-refractivity contribution is 5.81. The monoisotopic (exact) mass is 355 g/mol. The summed E-state index contributed by atoms with van der Waals surface area (Å²) in [6.45, 7) is 5.77. The van der Waals surface area contributed by atoms with Crippen molar-refractivity contribution in [3.8, 4) is 5.75 Å². The second-order valence-electron chi connectivity index (χ2n) is 6.22. The van der Waals surface area contributed by atoms with Gasteiger partial charge >= 0.3 is 0 Å². The van der Waals surface area contributed by atoms with Gasteiger partial charge in [0.1, 0.15) is 11.6 Å². The molecule has 0 saturated heterocycles. The molecule has 1 amide bonds. The topological polar surface area (TPSA) is 88.2 Å². The smallest absolute Gasteiger partial charge is 0.261 e. The van der Waals surface area contributed by atoms with Crippen molar-refractivity contribution in [2.24, 2.45) is 0 Å². The zero-order valence-corrected chi connectivity index (χ0v) is 15.2. The summed E-state index contributed by atoms with van der Waals surface area (Å²) in [5, 5.41) is 9.22. The summed E-state index contributed by atoms with van der Waals surface area (Å²) in [7, 11) is 0. The van der Waals surface area contributed by atoms with E-state index in [0.717, 1.165) is 35.8 Å². The molecular formula is C19H25N5O2. The summed E-state index contributed by atoms with van der Waals surface area (Å²) in [4.78, 5) is 21.0. The first kappa shape index (κ1) is 18.0. The second-order valence-corrected chi connectivity index (χ2v) is 6.22. The zero-order valence-electron chi connectivity index (χ0n) is 15.2. The van der Waals surface area contributed by atoms with Crippen LogP contribution in [0.2, 0.25) is 0 Å². The number of benzene rings is 1. The average molecular weight is 355 g/mol. The van der Waals surface area contributed by atoms with Gasteiger partial charge in [-0.15, -0.1) is 0 Å². The van der Waals surface area contributed by atoms with Gasteiger partial charge in [0.15, 0.2) is 6.10 Å². The van der Waals surface area contributed by atoms with E-state index in [1.54, 1.807) is 0 Å². The Labute approximate surface area is 153 Å². The molecule has 0 saturated carbocycles. The third-order valence-electron chi connectivity index (χ3n) is 4.13. The molecule has 26 heavy (non-hydrogen) atoms. The van der Waals surface area contributed by atoms with E-state index in [0.29, 0.717) is 25.5 Å². The first-order chi connectivity index (χ1) is 12.7. The lowest BCUT2D eigenvalue weighted by Gasteiger charge is -2.25. The minimum absolute atomic E-state index is 0.0835. The van der Waals surface area contributed by atoms with Crippen LogP contribution in [0.4, 0.5) is 11.8 Å². The molecule has 0 radical (unpaired) electrons. The summed E-state index contributed by atoms with van der Waals surface area (Å²) in [6, 6.07) is 9.76. The fourth-order valence-corrected chi connectivity index (χ4v) is 2.90. The molecule has 0 aliphatic carbocycles. The van der Waals surface area contributed by atoms with Gasteiger partial charge in [0.25, 0.3) is 5.91 Å². The molecule has 0 spiro atoms. The van der Waals surface area contributed by atoms with Crippen LogP contribution in [0.1, 0.15) is 24.6 Å². The highest BCUT2D eigenvalue weighted by Crippen LogP contribution is 2.26. The van der Waals surface area contributed by atoms with Gasteiger partial charge in [0.05, 0.1) is 0 Å². The Kier molecular flexibility index (Phi) is 5.88. The van der Waals surface area contributed by atoms with Gasteiger partial charge in [-0.25, -0.2) is 4.98 Å². The predicted molar refractivity (Wildman–Crippen MR) is 102 cm³/mol. The number of para-hydroxylation sites is 1. The second kappa shape index (κ2) is 8.51. The van der Waals surface area contributed by atoms with E-state index in [1.165, 1.54) is 0 Å². The molecule has 2 aromatic rings. The number of hydrogen-bond donors (Lipinski definition) is 3. The van der Waals surface area contributed by atoms with E-state index in [1.807, 2.05) is 44.2 Å². The third kappa shape index (κ3) is 4.62. The number of hydrogen-bond acceptors (Lipinski definition) is 6. The average Bonchev–Trinajstić information content (AvgIpc) is 2.64. The van der Waals surface area contributed by atoms with Crippen molar-refractivity contribution < 1.29 is 9.53 Å². The van der Waals surface area contributed by atoms with Crippen molar-refractivity contribution in [3.63, 3.8) is 0 Å². The number of ether oxygens (including phenoxy) is 1. The van der Waals surface area contributed by atoms with Crippen LogP contribution in [0.15, 0.2) is 30.3 Å². The molecule has 138 valence electrons. The van der Waals surface area contributed by atoms with Crippen molar-refractivity contribution in [1.82, 2.24) is 15.3 Å². The highest BCUT2D eigenvalue weighted by Gasteiger charge is 2.25. The highest BCUT2D eigenvalue weighted by atomic mass is 16.5. The number of carbonyl (C=O) groups is 1. The SMILES string of the molecule is CCNc1cc(C)nc(NCCNC(=O)C2CCc3ccccc3O2)n1. The van der Waals surface area contributed by atoms with Crippen LogP contribution in [0.5, 0.6) is 5.75 Å². The number of aromatic nitrogens is 2. The first-order valence-corrected chi connectivity index (χ1v) is 9.01. The Morgan fingerprint density at radius 1 is 1.23 bits per heavy atom. The Balaban J connectivity index is 1.45. The standard InChI is InChI=1S/C19H25N5O2/c1-3-20-17-12-13(2)23-19(24-17)22-11-10-21-18(25)16-9-8-14-6-4-5-7-15(14)26-16/h4-7,12,16H,3,8-11H2,1-2H3,(H,21,25)(H2,20,22,23,24). The maximum absolute atomic E-state index is 12.3. The molecule has 0 fully saturated rings. The van der Waals surface area contributed by atoms with Gasteiger partial charge in [-0.1, -0.05) is 18.2 Å². The van der Waals surface area contributed by atoms with Crippen LogP contribution in [0, 0.1) is 6.92 Å². The normalized spacial score (nSPS) is 15.5. The number of amides is 1. The van der Waals surface area contributed by atoms with E-state index >= 15 is 0 Å². The molecule has 3 N–H and O–H groups in total. The molecule has 1 aromatic carbocycles. The lowest BCUT2D eigenvalue weighted by atomic mass is 10.0. The molecular weight excluding hydrogens is 330 g/mol. The number of anilines is 2. The third-order valence-corrected chi connectivity index (χ3v) is 4.13. The van der Waals surface area contributed by atoms with Crippen LogP contribution < -0.4 is 20.7 Å². The fraction of sp³-hybridized carbons (Fsp3) is 0.421. The number of carbonyl (C=O) groups excluding carboxylic acids is 1. The lowest BCUT2D eigenvalue weighted by Crippen LogP contribution is -2.42. The van der Waals surface area contributed by atoms with Crippen molar-refractivity contribution >= 4 is 17.7 Å². The summed E-state index contributed by atoms with van der Waals surface area (Å²) >= 11 is 0. The van der Waals surface area contributed by atoms with E-state index in [4.69, 9.17) is 4.74 Å². The van der Waals surface area contributed by atoms with E-state index in [-0.39, 0.29) is 5.91 Å². The summed E-state index contributed by atoms with van der Waals surface area (Å²) in [5.74, 6) is 2.07. The maximum Gasteiger partial charge on any atom is 0.261 e. The Morgan fingerprint density at radius 3 is 2.92 bits per heavy atom. The molecule has 2 heterocycles. The van der Waals surface area contributed by atoms with Crippen LogP contribution in [0.3, 0.4) is 0 Å². The first-order valence-electron chi connectivity index (χ1n) is 9.01. The van der Waals surface area contributed by atoms with E-state index in [2.05, 4.69) is 25.9 Å². The number of rotatable bonds is 7. The van der Waals surface area contributed by atoms with Crippen LogP contribution in [0.25, 0.3) is 0 Å². The largest absolute Gasteiger partial charge is 0.480 e. The van der Waals surface area contributed by atoms with Crippen LogP contribution in [-0.4, -0.2) is 41.6 Å². The van der Waals surface area contributed by atoms with Gasteiger partial charge < -0.3 is 20.7 Å². The van der Waals surface area contributed by atoms with E-state index < -0.39 is 6.10 Å². The summed E-state index contributed by atoms with van der Waals surface area (Å²) < 4.78 is 5.80. The molecule has 1 aliphatic heterocycles. The fourth-order valence-electron chi connectivity index (χ4n) is 2.90. The van der Waals surface area contributed by atoms with Crippen molar-refractivity contribution in [2.75, 3.05) is 30.3 Å².